The van der Waals surface area contributed by atoms with Gasteiger partial charge in [-0.05, 0) is 35.9 Å². The van der Waals surface area contributed by atoms with Crippen molar-refractivity contribution < 1.29 is 14.0 Å². The molecule has 2 amide bonds. The number of piperazine rings is 1. The summed E-state index contributed by atoms with van der Waals surface area (Å²) in [4.78, 5) is 28.2. The second-order valence-corrected chi connectivity index (χ2v) is 6.80. The molecule has 0 spiro atoms. The quantitative estimate of drug-likeness (QED) is 0.800. The third-order valence-electron chi connectivity index (χ3n) is 4.57. The maximum atomic E-state index is 13.0. The Morgan fingerprint density at radius 2 is 1.67 bits per heavy atom. The first-order valence-corrected chi connectivity index (χ1v) is 9.19. The number of nitrogens with zero attached hydrogens (tertiary/aromatic N) is 2. The second-order valence-electron chi connectivity index (χ2n) is 6.39. The van der Waals surface area contributed by atoms with Crippen LogP contribution in [0.3, 0.4) is 0 Å². The van der Waals surface area contributed by atoms with E-state index >= 15 is 0 Å². The Morgan fingerprint density at radius 1 is 1.00 bits per heavy atom. The number of carbonyl (C=O) groups excluding carboxylic acids is 2. The highest BCUT2D eigenvalue weighted by molar-refractivity contribution is 6.31. The fourth-order valence-electron chi connectivity index (χ4n) is 3.01. The predicted molar refractivity (Wildman–Crippen MR) is 103 cm³/mol. The van der Waals surface area contributed by atoms with Crippen LogP contribution in [-0.4, -0.2) is 42.9 Å². The minimum atomic E-state index is -0.319. The minimum absolute atomic E-state index is 0.180. The van der Waals surface area contributed by atoms with Gasteiger partial charge in [-0.25, -0.2) is 4.39 Å². The van der Waals surface area contributed by atoms with Gasteiger partial charge in [0.25, 0.3) is 0 Å². The number of benzene rings is 2. The van der Waals surface area contributed by atoms with Crippen molar-refractivity contribution in [1.82, 2.24) is 10.2 Å². The van der Waals surface area contributed by atoms with Crippen LogP contribution in [0, 0.1) is 5.82 Å². The van der Waals surface area contributed by atoms with Gasteiger partial charge in [-0.2, -0.15) is 0 Å². The lowest BCUT2D eigenvalue weighted by molar-refractivity contribution is -0.136. The van der Waals surface area contributed by atoms with Crippen molar-refractivity contribution in [2.75, 3.05) is 31.1 Å². The molecule has 1 heterocycles. The molecule has 1 fully saturated rings. The molecular weight excluding hydrogens is 369 g/mol. The lowest BCUT2D eigenvalue weighted by atomic mass is 10.2. The van der Waals surface area contributed by atoms with Crippen molar-refractivity contribution in [1.29, 1.82) is 0 Å². The maximum absolute atomic E-state index is 13.0. The fraction of sp³-hybridized carbons (Fsp3) is 0.300. The highest BCUT2D eigenvalue weighted by Gasteiger charge is 2.23. The topological polar surface area (TPSA) is 52.7 Å². The third kappa shape index (κ3) is 5.20. The van der Waals surface area contributed by atoms with E-state index in [1.54, 1.807) is 23.1 Å². The highest BCUT2D eigenvalue weighted by atomic mass is 35.5. The largest absolute Gasteiger partial charge is 0.368 e. The van der Waals surface area contributed by atoms with Crippen molar-refractivity contribution in [3.63, 3.8) is 0 Å². The molecular formula is C20H21ClFN3O2. The van der Waals surface area contributed by atoms with Gasteiger partial charge in [-0.15, -0.1) is 0 Å². The summed E-state index contributed by atoms with van der Waals surface area (Å²) in [6, 6.07) is 13.6. The zero-order chi connectivity index (χ0) is 19.2. The molecule has 142 valence electrons. The van der Waals surface area contributed by atoms with Crippen molar-refractivity contribution in [3.05, 3.63) is 64.9 Å². The van der Waals surface area contributed by atoms with E-state index in [1.165, 1.54) is 12.1 Å². The van der Waals surface area contributed by atoms with Gasteiger partial charge in [-0.3, -0.25) is 9.59 Å². The number of anilines is 1. The number of amides is 2. The Bertz CT molecular complexity index is 805. The van der Waals surface area contributed by atoms with Crippen LogP contribution in [0.25, 0.3) is 0 Å². The number of nitrogens with one attached hydrogen (secondary N) is 1. The Balaban J connectivity index is 1.44. The molecule has 3 rings (SSSR count). The average molecular weight is 390 g/mol. The van der Waals surface area contributed by atoms with Crippen LogP contribution < -0.4 is 10.2 Å². The Morgan fingerprint density at radius 3 is 2.33 bits per heavy atom. The number of rotatable bonds is 5. The first kappa shape index (κ1) is 19.2. The van der Waals surface area contributed by atoms with E-state index in [2.05, 4.69) is 10.2 Å². The number of carbonyl (C=O) groups is 2. The van der Waals surface area contributed by atoms with Crippen LogP contribution >= 0.6 is 11.6 Å². The van der Waals surface area contributed by atoms with Gasteiger partial charge < -0.3 is 15.1 Å². The van der Waals surface area contributed by atoms with Gasteiger partial charge >= 0.3 is 0 Å². The number of hydrogen-bond acceptors (Lipinski definition) is 3. The van der Waals surface area contributed by atoms with E-state index in [0.717, 1.165) is 11.3 Å². The second kappa shape index (κ2) is 8.86. The van der Waals surface area contributed by atoms with E-state index in [4.69, 9.17) is 11.6 Å². The molecule has 0 unspecified atom stereocenters. The normalized spacial score (nSPS) is 14.1. The summed E-state index contributed by atoms with van der Waals surface area (Å²) in [5.41, 5.74) is 1.74. The van der Waals surface area contributed by atoms with E-state index in [0.29, 0.717) is 37.7 Å². The van der Waals surface area contributed by atoms with Crippen molar-refractivity contribution in [3.8, 4) is 0 Å². The molecule has 27 heavy (non-hydrogen) atoms. The summed E-state index contributed by atoms with van der Waals surface area (Å²) in [5, 5.41) is 3.32. The lowest BCUT2D eigenvalue weighted by Gasteiger charge is -2.36. The molecule has 0 radical (unpaired) electrons. The Hall–Kier alpha value is -2.60. The molecule has 5 nitrogen and oxygen atoms in total. The van der Waals surface area contributed by atoms with Gasteiger partial charge in [0, 0.05) is 43.4 Å². The van der Waals surface area contributed by atoms with E-state index in [1.807, 2.05) is 18.2 Å². The van der Waals surface area contributed by atoms with Crippen molar-refractivity contribution >= 4 is 29.1 Å². The number of hydrogen-bond donors (Lipinski definition) is 1. The van der Waals surface area contributed by atoms with Gasteiger partial charge in [0.05, 0.1) is 0 Å². The molecule has 1 aliphatic heterocycles. The van der Waals surface area contributed by atoms with Crippen molar-refractivity contribution in [2.45, 2.75) is 13.0 Å². The van der Waals surface area contributed by atoms with Gasteiger partial charge in [0.1, 0.15) is 12.2 Å². The minimum Gasteiger partial charge on any atom is -0.368 e. The van der Waals surface area contributed by atoms with Gasteiger partial charge in [0.2, 0.25) is 11.8 Å². The van der Waals surface area contributed by atoms with E-state index in [9.17, 15) is 14.0 Å². The molecule has 7 heteroatoms. The molecule has 0 aromatic heterocycles. The van der Waals surface area contributed by atoms with Crippen LogP contribution in [0.5, 0.6) is 0 Å². The molecule has 0 atom stereocenters. The predicted octanol–water partition coefficient (Wildman–Crippen LogP) is 2.83. The summed E-state index contributed by atoms with van der Waals surface area (Å²) in [5.74, 6) is -0.776. The van der Waals surface area contributed by atoms with Crippen LogP contribution in [0.4, 0.5) is 10.1 Å². The van der Waals surface area contributed by atoms with Crippen LogP contribution in [0.2, 0.25) is 5.02 Å². The molecule has 1 saturated heterocycles. The van der Waals surface area contributed by atoms with E-state index in [-0.39, 0.29) is 24.1 Å². The summed E-state index contributed by atoms with van der Waals surface area (Å²) in [6.07, 6.45) is -0.180. The molecule has 0 aliphatic carbocycles. The zero-order valence-corrected chi connectivity index (χ0v) is 15.6. The lowest BCUT2D eigenvalue weighted by Crippen LogP contribution is -2.49. The molecule has 0 saturated carbocycles. The maximum Gasteiger partial charge on any atom is 0.232 e. The zero-order valence-electron chi connectivity index (χ0n) is 14.8. The van der Waals surface area contributed by atoms with Gasteiger partial charge in [-0.1, -0.05) is 29.8 Å². The SMILES string of the molecule is O=C(CC(=O)N1CCN(c2ccc(F)cc2)CC1)NCc1ccccc1Cl. The monoisotopic (exact) mass is 389 g/mol. The summed E-state index contributed by atoms with van der Waals surface area (Å²) in [6.45, 7) is 2.67. The molecule has 1 aliphatic rings. The Kier molecular flexibility index (Phi) is 6.29. The smallest absolute Gasteiger partial charge is 0.232 e. The average Bonchev–Trinajstić information content (AvgIpc) is 2.68. The van der Waals surface area contributed by atoms with E-state index < -0.39 is 0 Å². The molecule has 2 aromatic carbocycles. The fourth-order valence-corrected chi connectivity index (χ4v) is 3.22. The Labute approximate surface area is 162 Å². The first-order valence-electron chi connectivity index (χ1n) is 8.81. The molecule has 2 aromatic rings. The molecule has 0 bridgehead atoms. The summed E-state index contributed by atoms with van der Waals surface area (Å²) in [7, 11) is 0. The van der Waals surface area contributed by atoms with Crippen LogP contribution in [0.15, 0.2) is 48.5 Å². The number of halogens is 2. The van der Waals surface area contributed by atoms with Crippen LogP contribution in [-0.2, 0) is 16.1 Å². The standard InChI is InChI=1S/C20H21ClFN3O2/c21-18-4-2-1-3-15(18)14-23-19(26)13-20(27)25-11-9-24(10-12-25)17-7-5-16(22)6-8-17/h1-8H,9-14H2,(H,23,26). The highest BCUT2D eigenvalue weighted by Crippen LogP contribution is 2.17. The third-order valence-corrected chi connectivity index (χ3v) is 4.94. The summed E-state index contributed by atoms with van der Waals surface area (Å²) >= 11 is 6.06. The van der Waals surface area contributed by atoms with Crippen LogP contribution in [0.1, 0.15) is 12.0 Å². The summed E-state index contributed by atoms with van der Waals surface area (Å²) < 4.78 is 13.0. The molecule has 1 N–H and O–H groups in total. The first-order chi connectivity index (χ1) is 13.0. The van der Waals surface area contributed by atoms with Crippen molar-refractivity contribution in [2.24, 2.45) is 0 Å². The van der Waals surface area contributed by atoms with Gasteiger partial charge in [0.15, 0.2) is 0 Å².